The van der Waals surface area contributed by atoms with Crippen LogP contribution in [0.2, 0.25) is 5.02 Å². The van der Waals surface area contributed by atoms with Gasteiger partial charge >= 0.3 is 0 Å². The number of methoxy groups -OCH3 is 1. The van der Waals surface area contributed by atoms with Crippen molar-refractivity contribution in [1.82, 2.24) is 4.90 Å². The summed E-state index contributed by atoms with van der Waals surface area (Å²) < 4.78 is 5.37. The molecule has 4 nitrogen and oxygen atoms in total. The van der Waals surface area contributed by atoms with Gasteiger partial charge in [-0.15, -0.1) is 0 Å². The standard InChI is InChI=1S/C18H27ClN2O2/c1-11-6-12(2)10-21(9-11)18(22)14(4)20-16-7-13(3)15(19)8-17(16)23-5/h7-8,11-12,14,20H,6,9-10H2,1-5H3/t11-,12-,14+/m0/s1. The number of piperidine rings is 1. The van der Waals surface area contributed by atoms with E-state index in [9.17, 15) is 4.79 Å². The number of hydrogen-bond acceptors (Lipinski definition) is 3. The summed E-state index contributed by atoms with van der Waals surface area (Å²) in [5.41, 5.74) is 1.75. The highest BCUT2D eigenvalue weighted by Crippen LogP contribution is 2.31. The van der Waals surface area contributed by atoms with E-state index in [0.717, 1.165) is 24.3 Å². The number of carbonyl (C=O) groups is 1. The molecular weight excluding hydrogens is 312 g/mol. The highest BCUT2D eigenvalue weighted by atomic mass is 35.5. The van der Waals surface area contributed by atoms with E-state index >= 15 is 0 Å². The number of benzene rings is 1. The minimum Gasteiger partial charge on any atom is -0.495 e. The maximum atomic E-state index is 12.7. The van der Waals surface area contributed by atoms with Crippen LogP contribution in [-0.2, 0) is 4.79 Å². The number of rotatable bonds is 4. The molecule has 0 aliphatic carbocycles. The Bertz CT molecular complexity index is 566. The van der Waals surface area contributed by atoms with Crippen molar-refractivity contribution in [3.8, 4) is 5.75 Å². The molecule has 1 aromatic rings. The van der Waals surface area contributed by atoms with Crippen LogP contribution in [0.15, 0.2) is 12.1 Å². The van der Waals surface area contributed by atoms with Crippen LogP contribution in [0.25, 0.3) is 0 Å². The second-order valence-corrected chi connectivity index (χ2v) is 7.26. The molecule has 1 aliphatic rings. The number of halogens is 1. The first-order valence-electron chi connectivity index (χ1n) is 8.21. The average Bonchev–Trinajstić information content (AvgIpc) is 2.48. The van der Waals surface area contributed by atoms with Gasteiger partial charge in [0.2, 0.25) is 5.91 Å². The Morgan fingerprint density at radius 2 is 1.96 bits per heavy atom. The predicted molar refractivity (Wildman–Crippen MR) is 95.4 cm³/mol. The van der Waals surface area contributed by atoms with E-state index in [2.05, 4.69) is 19.2 Å². The summed E-state index contributed by atoms with van der Waals surface area (Å²) in [6.45, 7) is 9.93. The third-order valence-electron chi connectivity index (χ3n) is 4.40. The highest BCUT2D eigenvalue weighted by molar-refractivity contribution is 6.31. The molecule has 1 saturated heterocycles. The molecule has 0 saturated carbocycles. The largest absolute Gasteiger partial charge is 0.495 e. The van der Waals surface area contributed by atoms with Gasteiger partial charge < -0.3 is 15.0 Å². The van der Waals surface area contributed by atoms with E-state index < -0.39 is 0 Å². The Labute approximate surface area is 144 Å². The van der Waals surface area contributed by atoms with Crippen LogP contribution in [0.1, 0.15) is 32.8 Å². The van der Waals surface area contributed by atoms with Crippen molar-refractivity contribution in [3.63, 3.8) is 0 Å². The van der Waals surface area contributed by atoms with Gasteiger partial charge in [0.15, 0.2) is 0 Å². The molecule has 0 unspecified atom stereocenters. The normalized spacial score (nSPS) is 22.6. The molecule has 1 fully saturated rings. The maximum absolute atomic E-state index is 12.7. The number of hydrogen-bond donors (Lipinski definition) is 1. The molecule has 5 heteroatoms. The summed E-state index contributed by atoms with van der Waals surface area (Å²) in [5, 5.41) is 3.94. The van der Waals surface area contributed by atoms with Crippen LogP contribution in [0, 0.1) is 18.8 Å². The zero-order chi connectivity index (χ0) is 17.1. The van der Waals surface area contributed by atoms with Crippen LogP contribution in [0.5, 0.6) is 5.75 Å². The summed E-state index contributed by atoms with van der Waals surface area (Å²) in [6.07, 6.45) is 1.19. The van der Waals surface area contributed by atoms with E-state index in [4.69, 9.17) is 16.3 Å². The molecule has 1 aromatic carbocycles. The minimum absolute atomic E-state index is 0.137. The molecule has 3 atom stereocenters. The SMILES string of the molecule is COc1cc(Cl)c(C)cc1N[C@H](C)C(=O)N1C[C@@H](C)C[C@H](C)C1. The van der Waals surface area contributed by atoms with E-state index in [1.54, 1.807) is 13.2 Å². The van der Waals surface area contributed by atoms with Crippen LogP contribution >= 0.6 is 11.6 Å². The van der Waals surface area contributed by atoms with Crippen LogP contribution in [0.4, 0.5) is 5.69 Å². The summed E-state index contributed by atoms with van der Waals surface area (Å²) in [4.78, 5) is 14.7. The van der Waals surface area contributed by atoms with Gasteiger partial charge in [-0.25, -0.2) is 0 Å². The maximum Gasteiger partial charge on any atom is 0.244 e. The molecule has 1 aliphatic heterocycles. The van der Waals surface area contributed by atoms with Crippen LogP contribution < -0.4 is 10.1 Å². The van der Waals surface area contributed by atoms with Crippen molar-refractivity contribution in [2.24, 2.45) is 11.8 Å². The number of amides is 1. The summed E-state index contributed by atoms with van der Waals surface area (Å²) >= 11 is 6.13. The van der Waals surface area contributed by atoms with Gasteiger partial charge in [-0.3, -0.25) is 4.79 Å². The fourth-order valence-corrected chi connectivity index (χ4v) is 3.51. The number of anilines is 1. The average molecular weight is 339 g/mol. The lowest BCUT2D eigenvalue weighted by Gasteiger charge is -2.36. The summed E-state index contributed by atoms with van der Waals surface area (Å²) in [5.74, 6) is 1.91. The summed E-state index contributed by atoms with van der Waals surface area (Å²) in [7, 11) is 1.60. The molecule has 0 bridgehead atoms. The molecular formula is C18H27ClN2O2. The summed E-state index contributed by atoms with van der Waals surface area (Å²) in [6, 6.07) is 3.40. The molecule has 0 spiro atoms. The Morgan fingerprint density at radius 3 is 2.52 bits per heavy atom. The lowest BCUT2D eigenvalue weighted by atomic mass is 9.91. The van der Waals surface area contributed by atoms with Crippen molar-refractivity contribution in [3.05, 3.63) is 22.7 Å². The zero-order valence-electron chi connectivity index (χ0n) is 14.6. The van der Waals surface area contributed by atoms with Crippen molar-refractivity contribution >= 4 is 23.2 Å². The van der Waals surface area contributed by atoms with Crippen molar-refractivity contribution in [2.75, 3.05) is 25.5 Å². The predicted octanol–water partition coefficient (Wildman–Crippen LogP) is 3.96. The Balaban J connectivity index is 2.10. The first-order valence-corrected chi connectivity index (χ1v) is 8.59. The molecule has 1 heterocycles. The van der Waals surface area contributed by atoms with E-state index in [0.29, 0.717) is 22.6 Å². The third-order valence-corrected chi connectivity index (χ3v) is 4.81. The van der Waals surface area contributed by atoms with Gasteiger partial charge in [-0.2, -0.15) is 0 Å². The zero-order valence-corrected chi connectivity index (χ0v) is 15.4. The lowest BCUT2D eigenvalue weighted by Crippen LogP contribution is -2.48. The molecule has 2 rings (SSSR count). The quantitative estimate of drug-likeness (QED) is 0.903. The molecule has 1 amide bonds. The Hall–Kier alpha value is -1.42. The van der Waals surface area contributed by atoms with Gasteiger partial charge in [-0.1, -0.05) is 25.4 Å². The molecule has 0 radical (unpaired) electrons. The van der Waals surface area contributed by atoms with Crippen molar-refractivity contribution < 1.29 is 9.53 Å². The highest BCUT2D eigenvalue weighted by Gasteiger charge is 2.28. The van der Waals surface area contributed by atoms with Crippen molar-refractivity contribution in [2.45, 2.75) is 40.2 Å². The van der Waals surface area contributed by atoms with E-state index in [1.807, 2.05) is 24.8 Å². The lowest BCUT2D eigenvalue weighted by molar-refractivity contribution is -0.134. The first kappa shape index (κ1) is 17.9. The molecule has 128 valence electrons. The topological polar surface area (TPSA) is 41.6 Å². The van der Waals surface area contributed by atoms with Gasteiger partial charge in [0.25, 0.3) is 0 Å². The minimum atomic E-state index is -0.304. The number of nitrogens with one attached hydrogen (secondary N) is 1. The molecule has 23 heavy (non-hydrogen) atoms. The van der Waals surface area contributed by atoms with Gasteiger partial charge in [0.05, 0.1) is 12.8 Å². The number of aryl methyl sites for hydroxylation is 1. The van der Waals surface area contributed by atoms with Gasteiger partial charge in [0.1, 0.15) is 11.8 Å². The number of ether oxygens (including phenoxy) is 1. The first-order chi connectivity index (χ1) is 10.8. The third kappa shape index (κ3) is 4.31. The molecule has 1 N–H and O–H groups in total. The number of carbonyl (C=O) groups excluding carboxylic acids is 1. The van der Waals surface area contributed by atoms with Gasteiger partial charge in [-0.05, 0) is 43.7 Å². The van der Waals surface area contributed by atoms with Crippen LogP contribution in [-0.4, -0.2) is 37.0 Å². The van der Waals surface area contributed by atoms with Crippen molar-refractivity contribution in [1.29, 1.82) is 0 Å². The Morgan fingerprint density at radius 1 is 1.35 bits per heavy atom. The second kappa shape index (κ2) is 7.43. The van der Waals surface area contributed by atoms with Gasteiger partial charge in [0, 0.05) is 24.2 Å². The monoisotopic (exact) mass is 338 g/mol. The Kier molecular flexibility index (Phi) is 5.79. The number of nitrogens with zero attached hydrogens (tertiary/aromatic N) is 1. The smallest absolute Gasteiger partial charge is 0.244 e. The second-order valence-electron chi connectivity index (χ2n) is 6.86. The molecule has 0 aromatic heterocycles. The fraction of sp³-hybridized carbons (Fsp3) is 0.611. The van der Waals surface area contributed by atoms with Crippen LogP contribution in [0.3, 0.4) is 0 Å². The number of likely N-dealkylation sites (tertiary alicyclic amines) is 1. The van der Waals surface area contributed by atoms with E-state index in [-0.39, 0.29) is 11.9 Å². The fourth-order valence-electron chi connectivity index (χ4n) is 3.36. The van der Waals surface area contributed by atoms with E-state index in [1.165, 1.54) is 6.42 Å².